The van der Waals surface area contributed by atoms with Crippen LogP contribution in [0.25, 0.3) is 0 Å². The van der Waals surface area contributed by atoms with Gasteiger partial charge in [-0.2, -0.15) is 0 Å². The van der Waals surface area contributed by atoms with Gasteiger partial charge in [0.05, 0.1) is 25.4 Å². The summed E-state index contributed by atoms with van der Waals surface area (Å²) >= 11 is 0. The number of amides is 1. The average Bonchev–Trinajstić information content (AvgIpc) is 2.38. The minimum atomic E-state index is -0.0710. The Morgan fingerprint density at radius 1 is 1.33 bits per heavy atom. The van der Waals surface area contributed by atoms with E-state index in [-0.39, 0.29) is 12.5 Å². The van der Waals surface area contributed by atoms with Crippen LogP contribution in [0.15, 0.2) is 24.3 Å². The first-order valence-corrected chi connectivity index (χ1v) is 5.99. The summed E-state index contributed by atoms with van der Waals surface area (Å²) in [6, 6.07) is 7.55. The Hall–Kier alpha value is -1.75. The molecular weight excluding hydrogens is 232 g/mol. The predicted octanol–water partition coefficient (Wildman–Crippen LogP) is 1.26. The van der Waals surface area contributed by atoms with E-state index < -0.39 is 0 Å². The minimum Gasteiger partial charge on any atom is -0.492 e. The second kappa shape index (κ2) is 8.36. The number of para-hydroxylation sites is 2. The minimum absolute atomic E-state index is 0.0710. The maximum Gasteiger partial charge on any atom is 0.239 e. The van der Waals surface area contributed by atoms with E-state index >= 15 is 0 Å². The van der Waals surface area contributed by atoms with E-state index in [4.69, 9.17) is 9.47 Å². The molecule has 5 nitrogen and oxygen atoms in total. The second-order valence-electron chi connectivity index (χ2n) is 3.63. The molecule has 0 atom stereocenters. The van der Waals surface area contributed by atoms with E-state index in [9.17, 15) is 4.79 Å². The van der Waals surface area contributed by atoms with Crippen molar-refractivity contribution in [1.29, 1.82) is 0 Å². The van der Waals surface area contributed by atoms with Crippen molar-refractivity contribution in [3.8, 4) is 5.75 Å². The molecule has 0 heterocycles. The maximum atomic E-state index is 11.5. The molecule has 0 aliphatic heterocycles. The Bertz CT molecular complexity index is 369. The number of carbonyl (C=O) groups excluding carboxylic acids is 1. The van der Waals surface area contributed by atoms with Crippen molar-refractivity contribution in [1.82, 2.24) is 5.32 Å². The van der Waals surface area contributed by atoms with Gasteiger partial charge in [-0.15, -0.1) is 0 Å². The lowest BCUT2D eigenvalue weighted by molar-refractivity contribution is -0.119. The van der Waals surface area contributed by atoms with Crippen LogP contribution >= 0.6 is 0 Å². The fraction of sp³-hybridized carbons (Fsp3) is 0.462. The number of anilines is 1. The first kappa shape index (κ1) is 14.3. The van der Waals surface area contributed by atoms with Crippen molar-refractivity contribution in [2.24, 2.45) is 0 Å². The molecule has 1 aromatic rings. The topological polar surface area (TPSA) is 59.6 Å². The van der Waals surface area contributed by atoms with Crippen molar-refractivity contribution < 1.29 is 14.3 Å². The van der Waals surface area contributed by atoms with Gasteiger partial charge in [0, 0.05) is 13.7 Å². The van der Waals surface area contributed by atoms with Crippen LogP contribution in [-0.4, -0.2) is 39.3 Å². The molecule has 0 bridgehead atoms. The SMILES string of the molecule is CCOc1ccccc1NCC(=O)NCCOC. The van der Waals surface area contributed by atoms with Crippen LogP contribution in [0.3, 0.4) is 0 Å². The molecule has 0 saturated heterocycles. The molecule has 18 heavy (non-hydrogen) atoms. The predicted molar refractivity (Wildman–Crippen MR) is 71.0 cm³/mol. The molecule has 0 aliphatic carbocycles. The summed E-state index contributed by atoms with van der Waals surface area (Å²) in [5.74, 6) is 0.683. The smallest absolute Gasteiger partial charge is 0.239 e. The third kappa shape index (κ3) is 5.05. The van der Waals surface area contributed by atoms with Gasteiger partial charge < -0.3 is 20.1 Å². The van der Waals surface area contributed by atoms with Gasteiger partial charge in [-0.3, -0.25) is 4.79 Å². The molecule has 0 aliphatic rings. The van der Waals surface area contributed by atoms with E-state index in [2.05, 4.69) is 10.6 Å². The van der Waals surface area contributed by atoms with Gasteiger partial charge in [0.1, 0.15) is 5.75 Å². The third-order valence-corrected chi connectivity index (χ3v) is 2.25. The van der Waals surface area contributed by atoms with Crippen LogP contribution in [-0.2, 0) is 9.53 Å². The van der Waals surface area contributed by atoms with Gasteiger partial charge in [0.15, 0.2) is 0 Å². The Balaban J connectivity index is 2.40. The van der Waals surface area contributed by atoms with Gasteiger partial charge in [0.2, 0.25) is 5.91 Å². The average molecular weight is 252 g/mol. The molecule has 5 heteroatoms. The molecule has 0 spiro atoms. The van der Waals surface area contributed by atoms with E-state index in [1.54, 1.807) is 7.11 Å². The Morgan fingerprint density at radius 3 is 2.83 bits per heavy atom. The van der Waals surface area contributed by atoms with E-state index in [0.717, 1.165) is 11.4 Å². The highest BCUT2D eigenvalue weighted by Crippen LogP contribution is 2.23. The van der Waals surface area contributed by atoms with Crippen molar-refractivity contribution in [3.05, 3.63) is 24.3 Å². The summed E-state index contributed by atoms with van der Waals surface area (Å²) in [5, 5.41) is 5.78. The van der Waals surface area contributed by atoms with Gasteiger partial charge >= 0.3 is 0 Å². The quantitative estimate of drug-likeness (QED) is 0.684. The molecule has 100 valence electrons. The summed E-state index contributed by atoms with van der Waals surface area (Å²) in [4.78, 5) is 11.5. The first-order chi connectivity index (χ1) is 8.77. The lowest BCUT2D eigenvalue weighted by atomic mass is 10.3. The number of nitrogens with one attached hydrogen (secondary N) is 2. The zero-order chi connectivity index (χ0) is 13.2. The number of benzene rings is 1. The van der Waals surface area contributed by atoms with E-state index in [1.165, 1.54) is 0 Å². The molecule has 1 aromatic carbocycles. The fourth-order valence-corrected chi connectivity index (χ4v) is 1.42. The number of ether oxygens (including phenoxy) is 2. The van der Waals surface area contributed by atoms with Gasteiger partial charge in [-0.1, -0.05) is 12.1 Å². The Labute approximate surface area is 107 Å². The number of carbonyl (C=O) groups is 1. The monoisotopic (exact) mass is 252 g/mol. The normalized spacial score (nSPS) is 9.89. The summed E-state index contributed by atoms with van der Waals surface area (Å²) in [5.41, 5.74) is 0.821. The summed E-state index contributed by atoms with van der Waals surface area (Å²) < 4.78 is 10.3. The second-order valence-corrected chi connectivity index (χ2v) is 3.63. The Kier molecular flexibility index (Phi) is 6.64. The molecule has 0 saturated carbocycles. The lowest BCUT2D eigenvalue weighted by Gasteiger charge is -2.12. The first-order valence-electron chi connectivity index (χ1n) is 5.99. The van der Waals surface area contributed by atoms with Crippen LogP contribution in [0, 0.1) is 0 Å². The number of hydrogen-bond donors (Lipinski definition) is 2. The summed E-state index contributed by atoms with van der Waals surface area (Å²) in [7, 11) is 1.60. The number of hydrogen-bond acceptors (Lipinski definition) is 4. The zero-order valence-electron chi connectivity index (χ0n) is 10.9. The molecule has 0 unspecified atom stereocenters. The zero-order valence-corrected chi connectivity index (χ0v) is 10.9. The van der Waals surface area contributed by atoms with Crippen molar-refractivity contribution >= 4 is 11.6 Å². The van der Waals surface area contributed by atoms with Crippen molar-refractivity contribution in [2.45, 2.75) is 6.92 Å². The van der Waals surface area contributed by atoms with Crippen LogP contribution in [0.2, 0.25) is 0 Å². The maximum absolute atomic E-state index is 11.5. The van der Waals surface area contributed by atoms with E-state index in [0.29, 0.717) is 19.8 Å². The van der Waals surface area contributed by atoms with Crippen molar-refractivity contribution in [2.75, 3.05) is 38.7 Å². The van der Waals surface area contributed by atoms with Crippen LogP contribution in [0.4, 0.5) is 5.69 Å². The number of rotatable bonds is 8. The van der Waals surface area contributed by atoms with Crippen LogP contribution < -0.4 is 15.4 Å². The molecule has 0 radical (unpaired) electrons. The highest BCUT2D eigenvalue weighted by Gasteiger charge is 2.04. The van der Waals surface area contributed by atoms with Crippen LogP contribution in [0.1, 0.15) is 6.92 Å². The standard InChI is InChI=1S/C13H20N2O3/c1-3-18-12-7-5-4-6-11(12)15-10-13(16)14-8-9-17-2/h4-7,15H,3,8-10H2,1-2H3,(H,14,16). The van der Waals surface area contributed by atoms with Crippen molar-refractivity contribution in [3.63, 3.8) is 0 Å². The summed E-state index contributed by atoms with van der Waals surface area (Å²) in [6.07, 6.45) is 0. The van der Waals surface area contributed by atoms with Crippen LogP contribution in [0.5, 0.6) is 5.75 Å². The van der Waals surface area contributed by atoms with Gasteiger partial charge in [-0.05, 0) is 19.1 Å². The number of methoxy groups -OCH3 is 1. The fourth-order valence-electron chi connectivity index (χ4n) is 1.42. The van der Waals surface area contributed by atoms with E-state index in [1.807, 2.05) is 31.2 Å². The molecular formula is C13H20N2O3. The van der Waals surface area contributed by atoms with Gasteiger partial charge in [0.25, 0.3) is 0 Å². The molecule has 0 aromatic heterocycles. The molecule has 1 amide bonds. The third-order valence-electron chi connectivity index (χ3n) is 2.25. The lowest BCUT2D eigenvalue weighted by Crippen LogP contribution is -2.32. The highest BCUT2D eigenvalue weighted by molar-refractivity contribution is 5.81. The largest absolute Gasteiger partial charge is 0.492 e. The molecule has 0 fully saturated rings. The van der Waals surface area contributed by atoms with Gasteiger partial charge in [-0.25, -0.2) is 0 Å². The molecule has 2 N–H and O–H groups in total. The Morgan fingerprint density at radius 2 is 2.11 bits per heavy atom. The highest BCUT2D eigenvalue weighted by atomic mass is 16.5. The summed E-state index contributed by atoms with van der Waals surface area (Å²) in [6.45, 7) is 3.77. The molecule has 1 rings (SSSR count).